The zero-order valence-corrected chi connectivity index (χ0v) is 17.2. The number of hydrogen-bond donors (Lipinski definition) is 0. The molecule has 1 unspecified atom stereocenters. The number of nitrogens with zero attached hydrogens (tertiary/aromatic N) is 4. The first-order valence-electron chi connectivity index (χ1n) is 9.77. The summed E-state index contributed by atoms with van der Waals surface area (Å²) in [6.45, 7) is 2.01. The van der Waals surface area contributed by atoms with Crippen molar-refractivity contribution in [2.75, 3.05) is 5.75 Å². The van der Waals surface area contributed by atoms with E-state index in [0.717, 1.165) is 33.3 Å². The summed E-state index contributed by atoms with van der Waals surface area (Å²) in [4.78, 5) is 0. The Morgan fingerprint density at radius 1 is 0.900 bits per heavy atom. The third-order valence-electron chi connectivity index (χ3n) is 5.27. The maximum Gasteiger partial charge on any atom is 0.212 e. The van der Waals surface area contributed by atoms with Crippen LogP contribution in [0.25, 0.3) is 11.1 Å². The van der Waals surface area contributed by atoms with Gasteiger partial charge >= 0.3 is 0 Å². The van der Waals surface area contributed by atoms with Gasteiger partial charge in [-0.25, -0.2) is 4.39 Å². The summed E-state index contributed by atoms with van der Waals surface area (Å²) in [5.74, 6) is 1.06. The fraction of sp³-hybridized carbons (Fsp3) is 0.125. The molecule has 1 atom stereocenters. The standard InChI is InChI=1S/C24H19FN4S/c1-16(19-12-13-20(21(25)14-19)17-8-4-2-5-9-17)23-26-27-24-29(23)28-22(15-30-24)18-10-6-3-7-11-18/h2-14,16H,15H2,1H3. The molecule has 0 saturated carbocycles. The summed E-state index contributed by atoms with van der Waals surface area (Å²) >= 11 is 1.61. The van der Waals surface area contributed by atoms with Crippen molar-refractivity contribution in [1.29, 1.82) is 0 Å². The van der Waals surface area contributed by atoms with E-state index in [1.807, 2.05) is 67.6 Å². The molecule has 4 nitrogen and oxygen atoms in total. The lowest BCUT2D eigenvalue weighted by atomic mass is 9.96. The molecule has 1 aliphatic heterocycles. The van der Waals surface area contributed by atoms with Crippen molar-refractivity contribution >= 4 is 17.5 Å². The summed E-state index contributed by atoms with van der Waals surface area (Å²) in [6.07, 6.45) is 0. The molecule has 0 saturated heterocycles. The first-order chi connectivity index (χ1) is 14.7. The van der Waals surface area contributed by atoms with Gasteiger partial charge in [-0.2, -0.15) is 9.78 Å². The number of aromatic nitrogens is 3. The Balaban J connectivity index is 1.49. The van der Waals surface area contributed by atoms with E-state index in [1.165, 1.54) is 0 Å². The monoisotopic (exact) mass is 414 g/mol. The van der Waals surface area contributed by atoms with Crippen LogP contribution >= 0.6 is 11.8 Å². The predicted molar refractivity (Wildman–Crippen MR) is 118 cm³/mol. The summed E-state index contributed by atoms with van der Waals surface area (Å²) in [6, 6.07) is 25.0. The molecule has 5 rings (SSSR count). The molecule has 1 aromatic heterocycles. The van der Waals surface area contributed by atoms with Crippen LogP contribution in [0.2, 0.25) is 0 Å². The Hall–Kier alpha value is -3.25. The van der Waals surface area contributed by atoms with Gasteiger partial charge in [0.15, 0.2) is 5.82 Å². The number of hydrogen-bond acceptors (Lipinski definition) is 4. The number of fused-ring (bicyclic) bond motifs is 1. The van der Waals surface area contributed by atoms with Crippen LogP contribution in [0.15, 0.2) is 89.1 Å². The first kappa shape index (κ1) is 18.8. The number of rotatable bonds is 4. The molecule has 6 heteroatoms. The Labute approximate surface area is 178 Å². The third-order valence-corrected chi connectivity index (χ3v) is 6.20. The quantitative estimate of drug-likeness (QED) is 0.437. The average Bonchev–Trinajstić information content (AvgIpc) is 3.23. The Morgan fingerprint density at radius 2 is 1.60 bits per heavy atom. The Bertz CT molecular complexity index is 1220. The molecule has 2 heterocycles. The first-order valence-corrected chi connectivity index (χ1v) is 10.8. The van der Waals surface area contributed by atoms with Gasteiger partial charge < -0.3 is 0 Å². The zero-order chi connectivity index (χ0) is 20.5. The maximum atomic E-state index is 14.9. The lowest BCUT2D eigenvalue weighted by molar-refractivity contribution is 0.623. The van der Waals surface area contributed by atoms with Crippen LogP contribution in [0.1, 0.15) is 29.8 Å². The molecular weight excluding hydrogens is 395 g/mol. The van der Waals surface area contributed by atoms with Crippen LogP contribution in [0.4, 0.5) is 4.39 Å². The van der Waals surface area contributed by atoms with Gasteiger partial charge in [0.25, 0.3) is 0 Å². The van der Waals surface area contributed by atoms with Gasteiger partial charge in [0, 0.05) is 17.2 Å². The molecule has 0 amide bonds. The van der Waals surface area contributed by atoms with Gasteiger partial charge in [-0.05, 0) is 22.8 Å². The Kier molecular flexibility index (Phi) is 4.93. The molecule has 30 heavy (non-hydrogen) atoms. The van der Waals surface area contributed by atoms with E-state index in [9.17, 15) is 4.39 Å². The molecule has 148 valence electrons. The van der Waals surface area contributed by atoms with E-state index >= 15 is 0 Å². The summed E-state index contributed by atoms with van der Waals surface area (Å²) in [7, 11) is 0. The van der Waals surface area contributed by atoms with Crippen molar-refractivity contribution in [2.45, 2.75) is 18.0 Å². The average molecular weight is 415 g/mol. The van der Waals surface area contributed by atoms with E-state index in [2.05, 4.69) is 22.3 Å². The lowest BCUT2D eigenvalue weighted by Gasteiger charge is -2.17. The smallest absolute Gasteiger partial charge is 0.206 e. The van der Waals surface area contributed by atoms with Gasteiger partial charge in [-0.15, -0.1) is 10.2 Å². The van der Waals surface area contributed by atoms with Gasteiger partial charge in [0.2, 0.25) is 5.16 Å². The van der Waals surface area contributed by atoms with Crippen LogP contribution in [0, 0.1) is 5.82 Å². The van der Waals surface area contributed by atoms with Crippen LogP contribution < -0.4 is 0 Å². The van der Waals surface area contributed by atoms with Crippen molar-refractivity contribution in [2.24, 2.45) is 5.10 Å². The molecule has 0 spiro atoms. The molecule has 0 N–H and O–H groups in total. The summed E-state index contributed by atoms with van der Waals surface area (Å²) in [5.41, 5.74) is 4.36. The molecule has 3 aromatic carbocycles. The molecular formula is C24H19FN4S. The third kappa shape index (κ3) is 3.44. The van der Waals surface area contributed by atoms with Gasteiger partial charge in [-0.1, -0.05) is 91.5 Å². The number of halogens is 1. The van der Waals surface area contributed by atoms with Crippen molar-refractivity contribution in [3.05, 3.63) is 102 Å². The molecule has 1 aliphatic rings. The van der Waals surface area contributed by atoms with Gasteiger partial charge in [-0.3, -0.25) is 0 Å². The fourth-order valence-corrected chi connectivity index (χ4v) is 4.43. The summed E-state index contributed by atoms with van der Waals surface area (Å²) in [5, 5.41) is 14.2. The number of benzene rings is 3. The fourth-order valence-electron chi connectivity index (χ4n) is 3.59. The highest BCUT2D eigenvalue weighted by Gasteiger charge is 2.24. The van der Waals surface area contributed by atoms with Crippen molar-refractivity contribution in [3.8, 4) is 11.1 Å². The molecule has 0 aliphatic carbocycles. The summed E-state index contributed by atoms with van der Waals surface area (Å²) < 4.78 is 16.7. The van der Waals surface area contributed by atoms with Crippen molar-refractivity contribution in [1.82, 2.24) is 14.9 Å². The largest absolute Gasteiger partial charge is 0.212 e. The van der Waals surface area contributed by atoms with E-state index in [0.29, 0.717) is 11.4 Å². The highest BCUT2D eigenvalue weighted by Crippen LogP contribution is 2.32. The van der Waals surface area contributed by atoms with E-state index < -0.39 is 0 Å². The van der Waals surface area contributed by atoms with Gasteiger partial charge in [0.05, 0.1) is 5.71 Å². The number of thioether (sulfide) groups is 1. The highest BCUT2D eigenvalue weighted by atomic mass is 32.2. The van der Waals surface area contributed by atoms with Crippen LogP contribution in [-0.2, 0) is 0 Å². The molecule has 4 aromatic rings. The van der Waals surface area contributed by atoms with E-state index in [1.54, 1.807) is 22.5 Å². The van der Waals surface area contributed by atoms with Crippen molar-refractivity contribution < 1.29 is 4.39 Å². The minimum Gasteiger partial charge on any atom is -0.206 e. The minimum atomic E-state index is -0.244. The predicted octanol–water partition coefficient (Wildman–Crippen LogP) is 5.59. The van der Waals surface area contributed by atoms with E-state index in [4.69, 9.17) is 5.10 Å². The molecule has 0 fully saturated rings. The SMILES string of the molecule is CC(c1ccc(-c2ccccc2)c(F)c1)c1nnc2n1N=C(c1ccccc1)CS2. The van der Waals surface area contributed by atoms with Gasteiger partial charge in [0.1, 0.15) is 5.82 Å². The minimum absolute atomic E-state index is 0.148. The van der Waals surface area contributed by atoms with Crippen LogP contribution in [0.5, 0.6) is 0 Å². The normalized spacial score (nSPS) is 14.1. The second-order valence-electron chi connectivity index (χ2n) is 7.18. The highest BCUT2D eigenvalue weighted by molar-refractivity contribution is 7.99. The Morgan fingerprint density at radius 3 is 2.30 bits per heavy atom. The molecule has 0 radical (unpaired) electrons. The topological polar surface area (TPSA) is 43.1 Å². The van der Waals surface area contributed by atoms with E-state index in [-0.39, 0.29) is 11.7 Å². The van der Waals surface area contributed by atoms with Crippen LogP contribution in [0.3, 0.4) is 0 Å². The second kappa shape index (κ2) is 7.88. The maximum absolute atomic E-state index is 14.9. The molecule has 0 bridgehead atoms. The van der Waals surface area contributed by atoms with Crippen molar-refractivity contribution in [3.63, 3.8) is 0 Å². The lowest BCUT2D eigenvalue weighted by Crippen LogP contribution is -2.15. The van der Waals surface area contributed by atoms with Crippen LogP contribution in [-0.4, -0.2) is 26.3 Å². The zero-order valence-electron chi connectivity index (χ0n) is 16.4. The second-order valence-corrected chi connectivity index (χ2v) is 8.12.